The van der Waals surface area contributed by atoms with Crippen LogP contribution in [0.4, 0.5) is 4.79 Å². The van der Waals surface area contributed by atoms with Gasteiger partial charge in [0.15, 0.2) is 0 Å². The molecule has 0 aromatic carbocycles. The van der Waals surface area contributed by atoms with Crippen LogP contribution in [-0.2, 0) is 4.74 Å². The van der Waals surface area contributed by atoms with Crippen LogP contribution in [0.2, 0.25) is 0 Å². The maximum Gasteiger partial charge on any atom is 0.409 e. The maximum absolute atomic E-state index is 12.0. The first-order chi connectivity index (χ1) is 10.1. The van der Waals surface area contributed by atoms with Crippen molar-refractivity contribution in [2.45, 2.75) is 70.6 Å². The summed E-state index contributed by atoms with van der Waals surface area (Å²) in [6.07, 6.45) is 6.69. The van der Waals surface area contributed by atoms with E-state index in [1.807, 2.05) is 13.8 Å². The third-order valence-corrected chi connectivity index (χ3v) is 4.77. The van der Waals surface area contributed by atoms with Crippen LogP contribution in [0.5, 0.6) is 0 Å². The van der Waals surface area contributed by atoms with E-state index in [0.29, 0.717) is 25.7 Å². The van der Waals surface area contributed by atoms with Gasteiger partial charge in [-0.2, -0.15) is 0 Å². The number of aliphatic hydroxyl groups is 1. The molecule has 1 aliphatic carbocycles. The zero-order chi connectivity index (χ0) is 15.2. The van der Waals surface area contributed by atoms with Crippen molar-refractivity contribution in [1.82, 2.24) is 10.2 Å². The van der Waals surface area contributed by atoms with Gasteiger partial charge in [0.25, 0.3) is 0 Å². The van der Waals surface area contributed by atoms with Crippen LogP contribution < -0.4 is 5.32 Å². The van der Waals surface area contributed by atoms with Crippen LogP contribution >= 0.6 is 0 Å². The first kappa shape index (κ1) is 16.6. The van der Waals surface area contributed by atoms with Gasteiger partial charge >= 0.3 is 6.09 Å². The molecule has 0 spiro atoms. The zero-order valence-electron chi connectivity index (χ0n) is 13.4. The summed E-state index contributed by atoms with van der Waals surface area (Å²) in [6, 6.07) is 0.839. The predicted molar refractivity (Wildman–Crippen MR) is 82.2 cm³/mol. The molecule has 2 aliphatic rings. The van der Waals surface area contributed by atoms with Crippen molar-refractivity contribution < 1.29 is 14.6 Å². The SMILES string of the molecule is CCOC(=O)N1CC(NC2CCCCC2)CC(C(C)O)C1. The van der Waals surface area contributed by atoms with Gasteiger partial charge in [0.2, 0.25) is 0 Å². The van der Waals surface area contributed by atoms with Crippen molar-refractivity contribution in [3.8, 4) is 0 Å². The van der Waals surface area contributed by atoms with E-state index in [9.17, 15) is 9.90 Å². The molecule has 2 rings (SSSR count). The summed E-state index contributed by atoms with van der Waals surface area (Å²) >= 11 is 0. The minimum Gasteiger partial charge on any atom is -0.450 e. The number of rotatable bonds is 4. The normalized spacial score (nSPS) is 29.2. The quantitative estimate of drug-likeness (QED) is 0.835. The molecule has 1 amide bonds. The molecule has 5 heteroatoms. The summed E-state index contributed by atoms with van der Waals surface area (Å²) < 4.78 is 5.13. The fourth-order valence-corrected chi connectivity index (χ4v) is 3.57. The molecule has 0 radical (unpaired) electrons. The van der Waals surface area contributed by atoms with E-state index >= 15 is 0 Å². The average molecular weight is 298 g/mol. The van der Waals surface area contributed by atoms with Gasteiger partial charge in [-0.3, -0.25) is 0 Å². The van der Waals surface area contributed by atoms with Gasteiger partial charge in [-0.05, 0) is 33.1 Å². The van der Waals surface area contributed by atoms with E-state index in [0.717, 1.165) is 6.42 Å². The fraction of sp³-hybridized carbons (Fsp3) is 0.938. The highest BCUT2D eigenvalue weighted by Gasteiger charge is 2.33. The first-order valence-corrected chi connectivity index (χ1v) is 8.46. The number of hydrogen-bond donors (Lipinski definition) is 2. The Hall–Kier alpha value is -0.810. The highest BCUT2D eigenvalue weighted by Crippen LogP contribution is 2.24. The summed E-state index contributed by atoms with van der Waals surface area (Å²) in [6.45, 7) is 5.33. The second-order valence-electron chi connectivity index (χ2n) is 6.54. The Bertz CT molecular complexity index is 329. The van der Waals surface area contributed by atoms with Crippen LogP contribution in [0.25, 0.3) is 0 Å². The van der Waals surface area contributed by atoms with Gasteiger partial charge in [0, 0.05) is 31.1 Å². The topological polar surface area (TPSA) is 61.8 Å². The third-order valence-electron chi connectivity index (χ3n) is 4.77. The monoisotopic (exact) mass is 298 g/mol. The second-order valence-corrected chi connectivity index (χ2v) is 6.54. The number of ether oxygens (including phenoxy) is 1. The van der Waals surface area contributed by atoms with Crippen LogP contribution in [0.1, 0.15) is 52.4 Å². The standard InChI is InChI=1S/C16H30N2O3/c1-3-21-16(20)18-10-13(12(2)19)9-15(11-18)17-14-7-5-4-6-8-14/h12-15,17,19H,3-11H2,1-2H3. The van der Waals surface area contributed by atoms with Gasteiger partial charge in [0.05, 0.1) is 12.7 Å². The molecule has 1 saturated carbocycles. The number of aliphatic hydroxyl groups excluding tert-OH is 1. The van der Waals surface area contributed by atoms with E-state index in [-0.39, 0.29) is 18.1 Å². The minimum absolute atomic E-state index is 0.129. The summed E-state index contributed by atoms with van der Waals surface area (Å²) in [5.41, 5.74) is 0. The maximum atomic E-state index is 12.0. The lowest BCUT2D eigenvalue weighted by molar-refractivity contribution is 0.0352. The van der Waals surface area contributed by atoms with Gasteiger partial charge < -0.3 is 20.1 Å². The number of carbonyl (C=O) groups excluding carboxylic acids is 1. The Labute approximate surface area is 128 Å². The molecular formula is C16H30N2O3. The Balaban J connectivity index is 1.93. The lowest BCUT2D eigenvalue weighted by atomic mass is 9.88. The molecule has 2 N–H and O–H groups in total. The lowest BCUT2D eigenvalue weighted by Crippen LogP contribution is -2.55. The molecule has 3 atom stereocenters. The highest BCUT2D eigenvalue weighted by atomic mass is 16.6. The van der Waals surface area contributed by atoms with Crippen LogP contribution in [-0.4, -0.2) is 54.0 Å². The van der Waals surface area contributed by atoms with Crippen molar-refractivity contribution in [2.24, 2.45) is 5.92 Å². The molecule has 3 unspecified atom stereocenters. The number of likely N-dealkylation sites (tertiary alicyclic amines) is 1. The molecule has 0 aromatic heterocycles. The lowest BCUT2D eigenvalue weighted by Gasteiger charge is -2.40. The molecular weight excluding hydrogens is 268 g/mol. The van der Waals surface area contributed by atoms with Crippen molar-refractivity contribution in [2.75, 3.05) is 19.7 Å². The Morgan fingerprint density at radius 1 is 1.29 bits per heavy atom. The molecule has 5 nitrogen and oxygen atoms in total. The van der Waals surface area contributed by atoms with Crippen molar-refractivity contribution in [3.63, 3.8) is 0 Å². The van der Waals surface area contributed by atoms with E-state index < -0.39 is 6.10 Å². The smallest absolute Gasteiger partial charge is 0.409 e. The number of carbonyl (C=O) groups is 1. The van der Waals surface area contributed by atoms with Crippen LogP contribution in [0, 0.1) is 5.92 Å². The summed E-state index contributed by atoms with van der Waals surface area (Å²) in [7, 11) is 0. The highest BCUT2D eigenvalue weighted by molar-refractivity contribution is 5.67. The molecule has 0 bridgehead atoms. The van der Waals surface area contributed by atoms with Gasteiger partial charge in [0.1, 0.15) is 0 Å². The average Bonchev–Trinajstić information content (AvgIpc) is 2.48. The van der Waals surface area contributed by atoms with Crippen molar-refractivity contribution in [1.29, 1.82) is 0 Å². The van der Waals surface area contributed by atoms with Crippen molar-refractivity contribution in [3.05, 3.63) is 0 Å². The minimum atomic E-state index is -0.391. The van der Waals surface area contributed by atoms with E-state index in [4.69, 9.17) is 4.74 Å². The second kappa shape index (κ2) is 7.99. The van der Waals surface area contributed by atoms with Crippen LogP contribution in [0.3, 0.4) is 0 Å². The van der Waals surface area contributed by atoms with E-state index in [1.165, 1.54) is 32.1 Å². The Morgan fingerprint density at radius 2 is 2.00 bits per heavy atom. The van der Waals surface area contributed by atoms with E-state index in [2.05, 4.69) is 5.32 Å². The summed E-state index contributed by atoms with van der Waals surface area (Å²) in [4.78, 5) is 13.8. The third kappa shape index (κ3) is 4.85. The molecule has 21 heavy (non-hydrogen) atoms. The molecule has 122 valence electrons. The molecule has 0 aromatic rings. The van der Waals surface area contributed by atoms with Gasteiger partial charge in [-0.1, -0.05) is 19.3 Å². The Morgan fingerprint density at radius 3 is 2.62 bits per heavy atom. The first-order valence-electron chi connectivity index (χ1n) is 8.46. The summed E-state index contributed by atoms with van der Waals surface area (Å²) in [5.74, 6) is 0.129. The zero-order valence-corrected chi connectivity index (χ0v) is 13.4. The Kier molecular flexibility index (Phi) is 6.30. The van der Waals surface area contributed by atoms with Gasteiger partial charge in [-0.15, -0.1) is 0 Å². The fourth-order valence-electron chi connectivity index (χ4n) is 3.57. The largest absolute Gasteiger partial charge is 0.450 e. The predicted octanol–water partition coefficient (Wildman–Crippen LogP) is 2.14. The number of nitrogens with one attached hydrogen (secondary N) is 1. The van der Waals surface area contributed by atoms with Gasteiger partial charge in [-0.25, -0.2) is 4.79 Å². The molecule has 2 fully saturated rings. The number of nitrogens with zero attached hydrogens (tertiary/aromatic N) is 1. The number of amides is 1. The van der Waals surface area contributed by atoms with Crippen LogP contribution in [0.15, 0.2) is 0 Å². The molecule has 1 heterocycles. The van der Waals surface area contributed by atoms with E-state index in [1.54, 1.807) is 4.90 Å². The number of hydrogen-bond acceptors (Lipinski definition) is 4. The summed E-state index contributed by atoms with van der Waals surface area (Å²) in [5, 5.41) is 13.6. The van der Waals surface area contributed by atoms with Crippen molar-refractivity contribution >= 4 is 6.09 Å². The molecule has 1 aliphatic heterocycles. The molecule has 1 saturated heterocycles. The number of piperidine rings is 1.